The van der Waals surface area contributed by atoms with Crippen molar-refractivity contribution in [2.75, 3.05) is 29.4 Å². The number of carbonyl (C=O) groups is 2. The third-order valence-electron chi connectivity index (χ3n) is 4.13. The molecule has 1 aliphatic rings. The molecule has 1 fully saturated rings. The Morgan fingerprint density at radius 2 is 2.00 bits per heavy atom. The third kappa shape index (κ3) is 5.42. The Kier molecular flexibility index (Phi) is 6.22. The molecule has 0 bridgehead atoms. The zero-order valence-corrected chi connectivity index (χ0v) is 15.9. The van der Waals surface area contributed by atoms with E-state index < -0.39 is 15.8 Å². The highest BCUT2D eigenvalue weighted by Gasteiger charge is 2.29. The minimum Gasteiger partial charge on any atom is -0.342 e. The van der Waals surface area contributed by atoms with E-state index in [0.717, 1.165) is 18.7 Å². The molecule has 0 radical (unpaired) electrons. The minimum absolute atomic E-state index is 0.0175. The monoisotopic (exact) mass is 385 g/mol. The van der Waals surface area contributed by atoms with E-state index in [1.165, 1.54) is 12.1 Å². The number of sulfonamides is 1. The number of nitrogens with zero attached hydrogens (tertiary/aromatic N) is 1. The van der Waals surface area contributed by atoms with Gasteiger partial charge in [-0.15, -0.1) is 0 Å². The number of carbonyl (C=O) groups excluding carboxylic acids is 2. The Bertz CT molecular complexity index is 795. The molecule has 0 spiro atoms. The van der Waals surface area contributed by atoms with Crippen molar-refractivity contribution in [3.05, 3.63) is 24.0 Å². The summed E-state index contributed by atoms with van der Waals surface area (Å²) in [6.45, 7) is 4.62. The van der Waals surface area contributed by atoms with Crippen LogP contribution in [0.5, 0.6) is 0 Å². The maximum atomic E-state index is 13.7. The van der Waals surface area contributed by atoms with Crippen LogP contribution in [0.15, 0.2) is 18.2 Å². The minimum atomic E-state index is -3.64. The largest absolute Gasteiger partial charge is 0.342 e. The number of rotatable bonds is 5. The predicted molar refractivity (Wildman–Crippen MR) is 97.6 cm³/mol. The summed E-state index contributed by atoms with van der Waals surface area (Å²) in [6.07, 6.45) is 2.31. The summed E-state index contributed by atoms with van der Waals surface area (Å²) < 4.78 is 38.4. The summed E-state index contributed by atoms with van der Waals surface area (Å²) in [5.74, 6) is -1.48. The van der Waals surface area contributed by atoms with Gasteiger partial charge in [-0.3, -0.25) is 14.3 Å². The van der Waals surface area contributed by atoms with Crippen LogP contribution in [0.2, 0.25) is 0 Å². The van der Waals surface area contributed by atoms with Crippen LogP contribution in [-0.4, -0.2) is 44.5 Å². The Balaban J connectivity index is 2.07. The molecule has 2 N–H and O–H groups in total. The SMILES string of the molecule is CC(C)C(=O)N1CCCC(C(=O)Nc2ccc(F)c(NS(C)(=O)=O)c2)C1. The molecule has 144 valence electrons. The van der Waals surface area contributed by atoms with Gasteiger partial charge in [-0.05, 0) is 31.0 Å². The molecule has 1 saturated heterocycles. The van der Waals surface area contributed by atoms with E-state index in [4.69, 9.17) is 0 Å². The number of benzene rings is 1. The van der Waals surface area contributed by atoms with E-state index in [9.17, 15) is 22.4 Å². The van der Waals surface area contributed by atoms with Gasteiger partial charge in [-0.25, -0.2) is 12.8 Å². The molecule has 0 aliphatic carbocycles. The molecule has 1 atom stereocenters. The van der Waals surface area contributed by atoms with Gasteiger partial charge in [0, 0.05) is 24.7 Å². The molecule has 0 aromatic heterocycles. The lowest BCUT2D eigenvalue weighted by Gasteiger charge is -2.33. The molecule has 1 aromatic rings. The maximum absolute atomic E-state index is 13.7. The first kappa shape index (κ1) is 20.2. The molecule has 7 nitrogen and oxygen atoms in total. The standard InChI is InChI=1S/C17H24FN3O4S/c1-11(2)17(23)21-8-4-5-12(10-21)16(22)19-13-6-7-14(18)15(9-13)20-26(3,24)25/h6-7,9,11-12,20H,4-5,8,10H2,1-3H3,(H,19,22). The van der Waals surface area contributed by atoms with E-state index in [-0.39, 0.29) is 35.0 Å². The van der Waals surface area contributed by atoms with Crippen LogP contribution in [0.3, 0.4) is 0 Å². The number of likely N-dealkylation sites (tertiary alicyclic amines) is 1. The van der Waals surface area contributed by atoms with Gasteiger partial charge in [-0.1, -0.05) is 13.8 Å². The van der Waals surface area contributed by atoms with E-state index in [1.54, 1.807) is 4.90 Å². The number of hydrogen-bond donors (Lipinski definition) is 2. The van der Waals surface area contributed by atoms with Crippen LogP contribution >= 0.6 is 0 Å². The normalized spacial score (nSPS) is 17.9. The molecule has 1 heterocycles. The van der Waals surface area contributed by atoms with Crippen molar-refractivity contribution in [3.8, 4) is 0 Å². The Morgan fingerprint density at radius 1 is 1.31 bits per heavy atom. The van der Waals surface area contributed by atoms with Gasteiger partial charge < -0.3 is 10.2 Å². The fraction of sp³-hybridized carbons (Fsp3) is 0.529. The average Bonchev–Trinajstić information content (AvgIpc) is 2.56. The van der Waals surface area contributed by atoms with Gasteiger partial charge in [0.15, 0.2) is 0 Å². The zero-order valence-electron chi connectivity index (χ0n) is 15.1. The van der Waals surface area contributed by atoms with Gasteiger partial charge in [0.25, 0.3) is 0 Å². The van der Waals surface area contributed by atoms with Crippen molar-refractivity contribution in [1.82, 2.24) is 4.90 Å². The Morgan fingerprint density at radius 3 is 2.62 bits per heavy atom. The average molecular weight is 385 g/mol. The molecular weight excluding hydrogens is 361 g/mol. The second kappa shape index (κ2) is 8.03. The first-order chi connectivity index (χ1) is 12.1. The van der Waals surface area contributed by atoms with Crippen molar-refractivity contribution in [3.63, 3.8) is 0 Å². The van der Waals surface area contributed by atoms with Crippen molar-refractivity contribution in [2.24, 2.45) is 11.8 Å². The van der Waals surface area contributed by atoms with Crippen LogP contribution < -0.4 is 10.0 Å². The Hall–Kier alpha value is -2.16. The van der Waals surface area contributed by atoms with Crippen LogP contribution in [0.4, 0.5) is 15.8 Å². The molecule has 2 rings (SSSR count). The van der Waals surface area contributed by atoms with Gasteiger partial charge in [-0.2, -0.15) is 0 Å². The molecule has 1 unspecified atom stereocenters. The second-order valence-electron chi connectivity index (χ2n) is 6.84. The lowest BCUT2D eigenvalue weighted by molar-refractivity contribution is -0.137. The lowest BCUT2D eigenvalue weighted by Crippen LogP contribution is -2.45. The van der Waals surface area contributed by atoms with Crippen molar-refractivity contribution < 1.29 is 22.4 Å². The quantitative estimate of drug-likeness (QED) is 0.811. The molecule has 1 aliphatic heterocycles. The fourth-order valence-electron chi connectivity index (χ4n) is 2.88. The van der Waals surface area contributed by atoms with Gasteiger partial charge >= 0.3 is 0 Å². The summed E-state index contributed by atoms with van der Waals surface area (Å²) in [5.41, 5.74) is 0.0559. The molecule has 9 heteroatoms. The van der Waals surface area contributed by atoms with Gasteiger partial charge in [0.05, 0.1) is 17.9 Å². The lowest BCUT2D eigenvalue weighted by atomic mass is 9.96. The van der Waals surface area contributed by atoms with Crippen molar-refractivity contribution >= 4 is 33.2 Å². The van der Waals surface area contributed by atoms with E-state index in [0.29, 0.717) is 19.5 Å². The highest BCUT2D eigenvalue weighted by molar-refractivity contribution is 7.92. The molecule has 26 heavy (non-hydrogen) atoms. The van der Waals surface area contributed by atoms with E-state index >= 15 is 0 Å². The number of nitrogens with one attached hydrogen (secondary N) is 2. The summed E-state index contributed by atoms with van der Waals surface area (Å²) in [6, 6.07) is 3.67. The number of halogens is 1. The molecular formula is C17H24FN3O4S. The van der Waals surface area contributed by atoms with Crippen LogP contribution in [0, 0.1) is 17.7 Å². The zero-order chi connectivity index (χ0) is 19.5. The number of hydrogen-bond acceptors (Lipinski definition) is 4. The van der Waals surface area contributed by atoms with E-state index in [2.05, 4.69) is 10.0 Å². The van der Waals surface area contributed by atoms with Gasteiger partial charge in [0.2, 0.25) is 21.8 Å². The topological polar surface area (TPSA) is 95.6 Å². The molecule has 0 saturated carbocycles. The van der Waals surface area contributed by atoms with Gasteiger partial charge in [0.1, 0.15) is 5.82 Å². The number of amides is 2. The first-order valence-electron chi connectivity index (χ1n) is 8.44. The van der Waals surface area contributed by atoms with Crippen molar-refractivity contribution in [1.29, 1.82) is 0 Å². The van der Waals surface area contributed by atoms with Crippen LogP contribution in [0.25, 0.3) is 0 Å². The van der Waals surface area contributed by atoms with Crippen LogP contribution in [0.1, 0.15) is 26.7 Å². The van der Waals surface area contributed by atoms with Crippen LogP contribution in [-0.2, 0) is 19.6 Å². The molecule has 1 aromatic carbocycles. The summed E-state index contributed by atoms with van der Waals surface area (Å²) in [7, 11) is -3.64. The van der Waals surface area contributed by atoms with Crippen molar-refractivity contribution in [2.45, 2.75) is 26.7 Å². The second-order valence-corrected chi connectivity index (χ2v) is 8.58. The fourth-order valence-corrected chi connectivity index (χ4v) is 3.44. The summed E-state index contributed by atoms with van der Waals surface area (Å²) >= 11 is 0. The number of anilines is 2. The molecule has 2 amide bonds. The third-order valence-corrected chi connectivity index (χ3v) is 4.72. The smallest absolute Gasteiger partial charge is 0.229 e. The highest BCUT2D eigenvalue weighted by Crippen LogP contribution is 2.23. The predicted octanol–water partition coefficient (Wildman–Crippen LogP) is 2.03. The summed E-state index contributed by atoms with van der Waals surface area (Å²) in [4.78, 5) is 26.3. The maximum Gasteiger partial charge on any atom is 0.229 e. The highest BCUT2D eigenvalue weighted by atomic mass is 32.2. The first-order valence-corrected chi connectivity index (χ1v) is 10.3. The Labute approximate surface area is 153 Å². The summed E-state index contributed by atoms with van der Waals surface area (Å²) in [5, 5.41) is 2.68. The van der Waals surface area contributed by atoms with E-state index in [1.807, 2.05) is 13.8 Å². The number of piperidine rings is 1.